The summed E-state index contributed by atoms with van der Waals surface area (Å²) in [5.41, 5.74) is 1.74. The number of rotatable bonds is 7. The van der Waals surface area contributed by atoms with E-state index in [2.05, 4.69) is 10.3 Å². The van der Waals surface area contributed by atoms with Crippen LogP contribution in [0, 0.1) is 5.82 Å². The molecule has 9 heteroatoms. The molecule has 0 radical (unpaired) electrons. The number of benzene rings is 1. The fraction of sp³-hybridized carbons (Fsp3) is 0.300. The number of nitrogens with zero attached hydrogens (tertiary/aromatic N) is 2. The molecule has 1 amide bonds. The van der Waals surface area contributed by atoms with Crippen molar-refractivity contribution in [2.75, 3.05) is 25.0 Å². The summed E-state index contributed by atoms with van der Waals surface area (Å²) in [6, 6.07) is 8.66. The molecule has 6 nitrogen and oxygen atoms in total. The standard InChI is InChI=1S/C20H21F3N4O2/c21-17-10-14(6-7-18(28)26-29)11-24-19(17)25-16-8-9-27(12-16)13-20(22,23)15-4-2-1-3-5-15/h1-7,10-11,16,29H,8-9,12-13H2,(H,24,25)(H,26,28)/b7-6+/t16-/m1/s1. The highest BCUT2D eigenvalue weighted by Crippen LogP contribution is 2.30. The second-order valence-corrected chi connectivity index (χ2v) is 6.84. The summed E-state index contributed by atoms with van der Waals surface area (Å²) in [6.45, 7) is 0.419. The lowest BCUT2D eigenvalue weighted by molar-refractivity contribution is -0.124. The second-order valence-electron chi connectivity index (χ2n) is 6.84. The number of alkyl halides is 2. The van der Waals surface area contributed by atoms with E-state index in [-0.39, 0.29) is 17.4 Å². The van der Waals surface area contributed by atoms with Crippen molar-refractivity contribution in [1.29, 1.82) is 0 Å². The van der Waals surface area contributed by atoms with Crippen molar-refractivity contribution in [1.82, 2.24) is 15.4 Å². The van der Waals surface area contributed by atoms with Crippen LogP contribution in [0.2, 0.25) is 0 Å². The lowest BCUT2D eigenvalue weighted by atomic mass is 10.1. The third-order valence-corrected chi connectivity index (χ3v) is 4.63. The number of nitrogens with one attached hydrogen (secondary N) is 2. The van der Waals surface area contributed by atoms with E-state index in [0.29, 0.717) is 25.1 Å². The fourth-order valence-corrected chi connectivity index (χ4v) is 3.20. The number of hydrogen-bond acceptors (Lipinski definition) is 5. The third-order valence-electron chi connectivity index (χ3n) is 4.63. The van der Waals surface area contributed by atoms with E-state index in [1.54, 1.807) is 23.1 Å². The van der Waals surface area contributed by atoms with Gasteiger partial charge in [-0.2, -0.15) is 8.78 Å². The molecule has 0 bridgehead atoms. The van der Waals surface area contributed by atoms with Crippen LogP contribution in [-0.2, 0) is 10.7 Å². The van der Waals surface area contributed by atoms with Crippen LogP contribution in [0.4, 0.5) is 19.0 Å². The van der Waals surface area contributed by atoms with E-state index in [1.807, 2.05) is 0 Å². The highest BCUT2D eigenvalue weighted by molar-refractivity contribution is 5.90. The fourth-order valence-electron chi connectivity index (χ4n) is 3.20. The lowest BCUT2D eigenvalue weighted by Crippen LogP contribution is -2.35. The van der Waals surface area contributed by atoms with E-state index in [0.717, 1.165) is 6.08 Å². The number of halogens is 3. The minimum Gasteiger partial charge on any atom is -0.364 e. The van der Waals surface area contributed by atoms with Crippen LogP contribution in [0.25, 0.3) is 6.08 Å². The molecule has 154 valence electrons. The van der Waals surface area contributed by atoms with Gasteiger partial charge in [-0.3, -0.25) is 14.9 Å². The van der Waals surface area contributed by atoms with Crippen LogP contribution < -0.4 is 10.8 Å². The molecule has 1 fully saturated rings. The van der Waals surface area contributed by atoms with Gasteiger partial charge in [-0.25, -0.2) is 14.9 Å². The zero-order valence-electron chi connectivity index (χ0n) is 15.5. The van der Waals surface area contributed by atoms with Crippen molar-refractivity contribution in [3.05, 3.63) is 65.6 Å². The highest BCUT2D eigenvalue weighted by Gasteiger charge is 2.36. The third kappa shape index (κ3) is 5.55. The van der Waals surface area contributed by atoms with Crippen molar-refractivity contribution >= 4 is 17.8 Å². The second kappa shape index (κ2) is 9.06. The normalized spacial score (nSPS) is 17.6. The van der Waals surface area contributed by atoms with Crippen molar-refractivity contribution in [2.45, 2.75) is 18.4 Å². The van der Waals surface area contributed by atoms with Crippen LogP contribution in [0.1, 0.15) is 17.5 Å². The summed E-state index contributed by atoms with van der Waals surface area (Å²) in [5, 5.41) is 11.4. The molecular formula is C20H21F3N4O2. The Morgan fingerprint density at radius 3 is 2.79 bits per heavy atom. The number of aromatic nitrogens is 1. The molecule has 1 aromatic heterocycles. The minimum atomic E-state index is -2.96. The van der Waals surface area contributed by atoms with Gasteiger partial charge in [-0.05, 0) is 24.1 Å². The Morgan fingerprint density at radius 1 is 1.34 bits per heavy atom. The first-order valence-corrected chi connectivity index (χ1v) is 9.07. The van der Waals surface area contributed by atoms with Gasteiger partial charge < -0.3 is 5.32 Å². The number of anilines is 1. The van der Waals surface area contributed by atoms with Gasteiger partial charge in [0.2, 0.25) is 0 Å². The number of amides is 1. The van der Waals surface area contributed by atoms with Crippen LogP contribution in [-0.4, -0.2) is 46.7 Å². The van der Waals surface area contributed by atoms with Crippen LogP contribution >= 0.6 is 0 Å². The van der Waals surface area contributed by atoms with Gasteiger partial charge in [0.25, 0.3) is 11.8 Å². The van der Waals surface area contributed by atoms with Crippen molar-refractivity contribution < 1.29 is 23.2 Å². The van der Waals surface area contributed by atoms with E-state index in [4.69, 9.17) is 5.21 Å². The molecule has 2 aromatic rings. The molecule has 1 aromatic carbocycles. The molecule has 0 spiro atoms. The highest BCUT2D eigenvalue weighted by atomic mass is 19.3. The Hall–Kier alpha value is -2.91. The topological polar surface area (TPSA) is 77.5 Å². The summed E-state index contributed by atoms with van der Waals surface area (Å²) in [5.74, 6) is -4.31. The summed E-state index contributed by atoms with van der Waals surface area (Å²) >= 11 is 0. The average Bonchev–Trinajstić information content (AvgIpc) is 3.14. The van der Waals surface area contributed by atoms with Crippen molar-refractivity contribution in [3.63, 3.8) is 0 Å². The zero-order chi connectivity index (χ0) is 20.9. The van der Waals surface area contributed by atoms with Gasteiger partial charge in [0.15, 0.2) is 11.6 Å². The van der Waals surface area contributed by atoms with E-state index in [1.165, 1.54) is 36.0 Å². The number of pyridine rings is 1. The Bertz CT molecular complexity index is 877. The van der Waals surface area contributed by atoms with Gasteiger partial charge in [-0.15, -0.1) is 0 Å². The molecule has 1 atom stereocenters. The summed E-state index contributed by atoms with van der Waals surface area (Å²) in [6.07, 6.45) is 4.28. The lowest BCUT2D eigenvalue weighted by Gasteiger charge is -2.24. The Morgan fingerprint density at radius 2 is 2.10 bits per heavy atom. The van der Waals surface area contributed by atoms with Gasteiger partial charge in [0, 0.05) is 37.0 Å². The van der Waals surface area contributed by atoms with E-state index in [9.17, 15) is 18.0 Å². The largest absolute Gasteiger partial charge is 0.364 e. The summed E-state index contributed by atoms with van der Waals surface area (Å²) in [7, 11) is 0. The van der Waals surface area contributed by atoms with Crippen LogP contribution in [0.15, 0.2) is 48.7 Å². The Kier molecular flexibility index (Phi) is 6.50. The molecule has 29 heavy (non-hydrogen) atoms. The maximum absolute atomic E-state index is 14.4. The molecule has 1 saturated heterocycles. The maximum Gasteiger partial charge on any atom is 0.285 e. The quantitative estimate of drug-likeness (QED) is 0.374. The minimum absolute atomic E-state index is 0.0235. The average molecular weight is 406 g/mol. The molecule has 2 heterocycles. The first kappa shape index (κ1) is 20.8. The van der Waals surface area contributed by atoms with Gasteiger partial charge in [0.05, 0.1) is 6.54 Å². The maximum atomic E-state index is 14.4. The first-order chi connectivity index (χ1) is 13.9. The predicted octanol–water partition coefficient (Wildman–Crippen LogP) is 3.02. The molecule has 0 aliphatic carbocycles. The van der Waals surface area contributed by atoms with E-state index < -0.39 is 24.2 Å². The van der Waals surface area contributed by atoms with Crippen molar-refractivity contribution in [3.8, 4) is 0 Å². The number of hydrogen-bond donors (Lipinski definition) is 3. The number of carbonyl (C=O) groups is 1. The molecule has 0 saturated carbocycles. The van der Waals surface area contributed by atoms with Crippen LogP contribution in [0.5, 0.6) is 0 Å². The smallest absolute Gasteiger partial charge is 0.285 e. The first-order valence-electron chi connectivity index (χ1n) is 9.07. The molecule has 3 rings (SSSR count). The number of carbonyl (C=O) groups excluding carboxylic acids is 1. The monoisotopic (exact) mass is 406 g/mol. The van der Waals surface area contributed by atoms with Gasteiger partial charge in [0.1, 0.15) is 0 Å². The molecule has 1 aliphatic heterocycles. The molecule has 0 unspecified atom stereocenters. The molecule has 1 aliphatic rings. The molecular weight excluding hydrogens is 385 g/mol. The SMILES string of the molecule is O=C(/C=C/c1cnc(N[C@@H]2CCN(CC(F)(F)c3ccccc3)C2)c(F)c1)NO. The van der Waals surface area contributed by atoms with Crippen LogP contribution in [0.3, 0.4) is 0 Å². The predicted molar refractivity (Wildman–Crippen MR) is 102 cm³/mol. The Balaban J connectivity index is 1.57. The number of likely N-dealkylation sites (tertiary alicyclic amines) is 1. The molecule has 3 N–H and O–H groups in total. The van der Waals surface area contributed by atoms with Gasteiger partial charge >= 0.3 is 0 Å². The summed E-state index contributed by atoms with van der Waals surface area (Å²) in [4.78, 5) is 16.6. The Labute approximate surface area is 166 Å². The van der Waals surface area contributed by atoms with Gasteiger partial charge in [-0.1, -0.05) is 30.3 Å². The van der Waals surface area contributed by atoms with Crippen molar-refractivity contribution in [2.24, 2.45) is 0 Å². The summed E-state index contributed by atoms with van der Waals surface area (Å²) < 4.78 is 43.1. The number of hydroxylamine groups is 1. The zero-order valence-corrected chi connectivity index (χ0v) is 15.5. The van der Waals surface area contributed by atoms with E-state index >= 15 is 0 Å².